The highest BCUT2D eigenvalue weighted by atomic mass is 16.2. The van der Waals surface area contributed by atoms with E-state index in [0.717, 1.165) is 5.69 Å². The summed E-state index contributed by atoms with van der Waals surface area (Å²) in [5.74, 6) is 0.130. The molecule has 1 aliphatic heterocycles. The molecule has 0 atom stereocenters. The third kappa shape index (κ3) is 2.72. The summed E-state index contributed by atoms with van der Waals surface area (Å²) in [4.78, 5) is 22.7. The Bertz CT molecular complexity index is 463. The van der Waals surface area contributed by atoms with Gasteiger partial charge in [-0.25, -0.2) is 5.10 Å². The van der Waals surface area contributed by atoms with E-state index in [1.807, 2.05) is 27.7 Å². The molecule has 1 aromatic rings. The minimum Gasteiger partial charge on any atom is -0.324 e. The molecule has 0 spiro atoms. The SMILES string of the molecule is CC.CC(C)c1n[nH]c(=O)c2c1NC(=O)CC2. The van der Waals surface area contributed by atoms with E-state index in [-0.39, 0.29) is 17.4 Å². The fraction of sp³-hybridized carbons (Fsp3) is 0.583. The number of aromatic amines is 1. The van der Waals surface area contributed by atoms with Gasteiger partial charge in [-0.1, -0.05) is 27.7 Å². The molecule has 0 unspecified atom stereocenters. The highest BCUT2D eigenvalue weighted by Gasteiger charge is 2.22. The van der Waals surface area contributed by atoms with Crippen LogP contribution < -0.4 is 10.9 Å². The molecule has 5 nitrogen and oxygen atoms in total. The number of anilines is 1. The first kappa shape index (κ1) is 13.4. The number of carbonyl (C=O) groups excluding carboxylic acids is 1. The summed E-state index contributed by atoms with van der Waals surface area (Å²) in [7, 11) is 0. The van der Waals surface area contributed by atoms with Crippen molar-refractivity contribution in [2.24, 2.45) is 0 Å². The van der Waals surface area contributed by atoms with Gasteiger partial charge < -0.3 is 5.32 Å². The molecule has 2 heterocycles. The predicted octanol–water partition coefficient (Wildman–Crippen LogP) is 1.80. The molecular formula is C12H19N3O2. The quantitative estimate of drug-likeness (QED) is 0.782. The zero-order valence-corrected chi connectivity index (χ0v) is 10.8. The molecule has 0 aliphatic carbocycles. The van der Waals surface area contributed by atoms with Gasteiger partial charge in [0.2, 0.25) is 5.91 Å². The molecule has 0 fully saturated rings. The van der Waals surface area contributed by atoms with Crippen LogP contribution in [0.15, 0.2) is 4.79 Å². The summed E-state index contributed by atoms with van der Waals surface area (Å²) in [6, 6.07) is 0. The van der Waals surface area contributed by atoms with Crippen molar-refractivity contribution in [3.8, 4) is 0 Å². The van der Waals surface area contributed by atoms with E-state index < -0.39 is 0 Å². The number of nitrogens with zero attached hydrogens (tertiary/aromatic N) is 1. The number of aromatic nitrogens is 2. The number of H-pyrrole nitrogens is 1. The summed E-state index contributed by atoms with van der Waals surface area (Å²) >= 11 is 0. The fourth-order valence-electron chi connectivity index (χ4n) is 1.74. The van der Waals surface area contributed by atoms with E-state index in [1.165, 1.54) is 0 Å². The second kappa shape index (κ2) is 5.61. The maximum Gasteiger partial charge on any atom is 0.269 e. The zero-order chi connectivity index (χ0) is 13.0. The first-order chi connectivity index (χ1) is 8.09. The van der Waals surface area contributed by atoms with Crippen molar-refractivity contribution in [3.63, 3.8) is 0 Å². The maximum absolute atomic E-state index is 11.5. The minimum absolute atomic E-state index is 0.0446. The van der Waals surface area contributed by atoms with E-state index >= 15 is 0 Å². The largest absolute Gasteiger partial charge is 0.324 e. The molecule has 0 saturated carbocycles. The van der Waals surface area contributed by atoms with Crippen molar-refractivity contribution in [2.45, 2.75) is 46.5 Å². The monoisotopic (exact) mass is 237 g/mol. The van der Waals surface area contributed by atoms with Crippen LogP contribution in [-0.4, -0.2) is 16.1 Å². The van der Waals surface area contributed by atoms with Crippen molar-refractivity contribution in [1.82, 2.24) is 10.2 Å². The second-order valence-corrected chi connectivity index (χ2v) is 3.99. The summed E-state index contributed by atoms with van der Waals surface area (Å²) in [6.45, 7) is 7.95. The fourth-order valence-corrected chi connectivity index (χ4v) is 1.74. The predicted molar refractivity (Wildman–Crippen MR) is 67.2 cm³/mol. The van der Waals surface area contributed by atoms with Crippen molar-refractivity contribution in [2.75, 3.05) is 5.32 Å². The topological polar surface area (TPSA) is 74.8 Å². The van der Waals surface area contributed by atoms with Gasteiger partial charge in [0.15, 0.2) is 0 Å². The highest BCUT2D eigenvalue weighted by molar-refractivity contribution is 5.94. The maximum atomic E-state index is 11.5. The van der Waals surface area contributed by atoms with Crippen LogP contribution in [0.3, 0.4) is 0 Å². The Labute approximate surface area is 101 Å². The van der Waals surface area contributed by atoms with Gasteiger partial charge >= 0.3 is 0 Å². The van der Waals surface area contributed by atoms with Crippen LogP contribution in [0.5, 0.6) is 0 Å². The van der Waals surface area contributed by atoms with Crippen molar-refractivity contribution >= 4 is 11.6 Å². The van der Waals surface area contributed by atoms with E-state index in [1.54, 1.807) is 0 Å². The molecule has 1 aliphatic rings. The Morgan fingerprint density at radius 2 is 1.82 bits per heavy atom. The third-order valence-electron chi connectivity index (χ3n) is 2.52. The summed E-state index contributed by atoms with van der Waals surface area (Å²) < 4.78 is 0. The lowest BCUT2D eigenvalue weighted by Crippen LogP contribution is -2.28. The molecule has 1 amide bonds. The van der Waals surface area contributed by atoms with Gasteiger partial charge in [-0.3, -0.25) is 9.59 Å². The molecule has 1 aromatic heterocycles. The van der Waals surface area contributed by atoms with Crippen LogP contribution >= 0.6 is 0 Å². The molecule has 0 bridgehead atoms. The molecule has 0 saturated heterocycles. The number of hydrogen-bond acceptors (Lipinski definition) is 3. The first-order valence-electron chi connectivity index (χ1n) is 6.01. The van der Waals surface area contributed by atoms with Crippen molar-refractivity contribution in [3.05, 3.63) is 21.6 Å². The summed E-state index contributed by atoms with van der Waals surface area (Å²) in [6.07, 6.45) is 0.871. The smallest absolute Gasteiger partial charge is 0.269 e. The number of fused-ring (bicyclic) bond motifs is 1. The van der Waals surface area contributed by atoms with Crippen LogP contribution in [0.1, 0.15) is 51.3 Å². The molecule has 2 rings (SSSR count). The van der Waals surface area contributed by atoms with Gasteiger partial charge in [0.1, 0.15) is 0 Å². The van der Waals surface area contributed by atoms with Crippen LogP contribution in [0, 0.1) is 0 Å². The van der Waals surface area contributed by atoms with Gasteiger partial charge in [-0.05, 0) is 12.3 Å². The van der Waals surface area contributed by atoms with Crippen LogP contribution in [0.4, 0.5) is 5.69 Å². The Balaban J connectivity index is 0.000000686. The number of amides is 1. The van der Waals surface area contributed by atoms with Gasteiger partial charge in [0.05, 0.1) is 11.4 Å². The zero-order valence-electron chi connectivity index (χ0n) is 10.8. The molecule has 0 radical (unpaired) electrons. The number of hydrogen-bond donors (Lipinski definition) is 2. The van der Waals surface area contributed by atoms with Gasteiger partial charge in [0.25, 0.3) is 5.56 Å². The second-order valence-electron chi connectivity index (χ2n) is 3.99. The van der Waals surface area contributed by atoms with E-state index in [4.69, 9.17) is 0 Å². The lowest BCUT2D eigenvalue weighted by molar-refractivity contribution is -0.116. The van der Waals surface area contributed by atoms with Gasteiger partial charge in [-0.15, -0.1) is 0 Å². The molecular weight excluding hydrogens is 218 g/mol. The molecule has 94 valence electrons. The van der Waals surface area contributed by atoms with Gasteiger partial charge in [0, 0.05) is 12.0 Å². The summed E-state index contributed by atoms with van der Waals surface area (Å²) in [5, 5.41) is 9.17. The third-order valence-corrected chi connectivity index (χ3v) is 2.52. The number of carbonyl (C=O) groups is 1. The molecule has 2 N–H and O–H groups in total. The van der Waals surface area contributed by atoms with Crippen LogP contribution in [0.25, 0.3) is 0 Å². The van der Waals surface area contributed by atoms with E-state index in [0.29, 0.717) is 24.1 Å². The lowest BCUT2D eigenvalue weighted by atomic mass is 9.99. The molecule has 0 aromatic carbocycles. The number of nitrogens with one attached hydrogen (secondary N) is 2. The Kier molecular flexibility index (Phi) is 4.43. The van der Waals surface area contributed by atoms with Crippen molar-refractivity contribution < 1.29 is 4.79 Å². The highest BCUT2D eigenvalue weighted by Crippen LogP contribution is 2.26. The minimum atomic E-state index is -0.200. The Morgan fingerprint density at radius 1 is 1.18 bits per heavy atom. The first-order valence-corrected chi connectivity index (χ1v) is 6.01. The van der Waals surface area contributed by atoms with E-state index in [9.17, 15) is 9.59 Å². The summed E-state index contributed by atoms with van der Waals surface area (Å²) in [5.41, 5.74) is 1.81. The Hall–Kier alpha value is -1.65. The van der Waals surface area contributed by atoms with Gasteiger partial charge in [-0.2, -0.15) is 5.10 Å². The average Bonchev–Trinajstić information content (AvgIpc) is 2.31. The molecule has 5 heteroatoms. The standard InChI is InChI=1S/C10H13N3O2.C2H6/c1-5(2)8-9-6(10(15)13-12-8)3-4-7(14)11-9;1-2/h5H,3-4H2,1-2H3,(H,11,14)(H,13,15);1-2H3. The van der Waals surface area contributed by atoms with Crippen LogP contribution in [-0.2, 0) is 11.2 Å². The Morgan fingerprint density at radius 3 is 2.41 bits per heavy atom. The average molecular weight is 237 g/mol. The normalized spacial score (nSPS) is 13.6. The lowest BCUT2D eigenvalue weighted by Gasteiger charge is -2.19. The molecule has 17 heavy (non-hydrogen) atoms. The van der Waals surface area contributed by atoms with E-state index in [2.05, 4.69) is 15.5 Å². The number of rotatable bonds is 1. The van der Waals surface area contributed by atoms with Crippen molar-refractivity contribution in [1.29, 1.82) is 0 Å². The van der Waals surface area contributed by atoms with Crippen LogP contribution in [0.2, 0.25) is 0 Å².